The Labute approximate surface area is 117 Å². The van der Waals surface area contributed by atoms with E-state index in [-0.39, 0.29) is 0 Å². The van der Waals surface area contributed by atoms with Gasteiger partial charge in [0.15, 0.2) is 0 Å². The van der Waals surface area contributed by atoms with Crippen molar-refractivity contribution in [1.82, 2.24) is 9.80 Å². The lowest BCUT2D eigenvalue weighted by Gasteiger charge is -2.57. The molecule has 3 saturated heterocycles. The van der Waals surface area contributed by atoms with Gasteiger partial charge < -0.3 is 14.4 Å². The molecule has 0 radical (unpaired) electrons. The summed E-state index contributed by atoms with van der Waals surface area (Å²) in [6, 6.07) is 0.594. The minimum Gasteiger partial charge on any atom is -0.380 e. The molecule has 3 rings (SSSR count). The van der Waals surface area contributed by atoms with Gasteiger partial charge in [-0.15, -0.1) is 0 Å². The Kier molecular flexibility index (Phi) is 4.13. The van der Waals surface area contributed by atoms with Crippen molar-refractivity contribution in [2.24, 2.45) is 11.3 Å². The largest absolute Gasteiger partial charge is 0.380 e. The summed E-state index contributed by atoms with van der Waals surface area (Å²) in [6.45, 7) is 14.2. The molecule has 19 heavy (non-hydrogen) atoms. The van der Waals surface area contributed by atoms with Crippen LogP contribution in [0.25, 0.3) is 0 Å². The molecular formula is C15H28N2O2. The summed E-state index contributed by atoms with van der Waals surface area (Å²) in [4.78, 5) is 5.24. The van der Waals surface area contributed by atoms with Gasteiger partial charge in [0.2, 0.25) is 0 Å². The molecule has 1 spiro atoms. The minimum absolute atomic E-state index is 0.449. The highest BCUT2D eigenvalue weighted by Crippen LogP contribution is 2.45. The number of hydrogen-bond acceptors (Lipinski definition) is 4. The maximum atomic E-state index is 5.80. The van der Waals surface area contributed by atoms with E-state index in [4.69, 9.17) is 9.47 Å². The average Bonchev–Trinajstić information content (AvgIpc) is 2.44. The highest BCUT2D eigenvalue weighted by atomic mass is 16.5. The smallest absolute Gasteiger partial charge is 0.0625 e. The summed E-state index contributed by atoms with van der Waals surface area (Å²) in [5, 5.41) is 0. The lowest BCUT2D eigenvalue weighted by atomic mass is 9.65. The molecule has 2 unspecified atom stereocenters. The maximum absolute atomic E-state index is 5.80. The zero-order chi connectivity index (χ0) is 13.3. The van der Waals surface area contributed by atoms with Crippen molar-refractivity contribution in [2.75, 3.05) is 59.2 Å². The summed E-state index contributed by atoms with van der Waals surface area (Å²) in [5.74, 6) is 0.718. The molecule has 3 heterocycles. The van der Waals surface area contributed by atoms with Gasteiger partial charge in [0.05, 0.1) is 26.4 Å². The fraction of sp³-hybridized carbons (Fsp3) is 1.00. The SMILES string of the molecule is CCN1CCC2(COC2)C(C2COCCN2CC)C1. The van der Waals surface area contributed by atoms with Crippen LogP contribution in [0.1, 0.15) is 20.3 Å². The summed E-state index contributed by atoms with van der Waals surface area (Å²) >= 11 is 0. The number of nitrogens with zero attached hydrogens (tertiary/aromatic N) is 2. The predicted octanol–water partition coefficient (Wildman–Crippen LogP) is 1.07. The van der Waals surface area contributed by atoms with Gasteiger partial charge in [-0.1, -0.05) is 13.8 Å². The van der Waals surface area contributed by atoms with Crippen LogP contribution < -0.4 is 0 Å². The zero-order valence-corrected chi connectivity index (χ0v) is 12.4. The van der Waals surface area contributed by atoms with Crippen LogP contribution in [0.3, 0.4) is 0 Å². The number of likely N-dealkylation sites (tertiary alicyclic amines) is 1. The van der Waals surface area contributed by atoms with Crippen molar-refractivity contribution in [3.05, 3.63) is 0 Å². The Balaban J connectivity index is 1.77. The van der Waals surface area contributed by atoms with Crippen molar-refractivity contribution in [2.45, 2.75) is 26.3 Å². The van der Waals surface area contributed by atoms with Crippen LogP contribution in [0.15, 0.2) is 0 Å². The van der Waals surface area contributed by atoms with E-state index in [1.54, 1.807) is 0 Å². The van der Waals surface area contributed by atoms with Crippen LogP contribution in [-0.2, 0) is 9.47 Å². The van der Waals surface area contributed by atoms with E-state index in [2.05, 4.69) is 23.6 Å². The van der Waals surface area contributed by atoms with Crippen LogP contribution in [0.5, 0.6) is 0 Å². The van der Waals surface area contributed by atoms with Crippen LogP contribution in [0.2, 0.25) is 0 Å². The molecule has 4 heteroatoms. The van der Waals surface area contributed by atoms with E-state index in [0.29, 0.717) is 11.5 Å². The second kappa shape index (κ2) is 5.68. The molecule has 0 aliphatic carbocycles. The Morgan fingerprint density at radius 3 is 2.58 bits per heavy atom. The van der Waals surface area contributed by atoms with Crippen molar-refractivity contribution in [3.8, 4) is 0 Å². The van der Waals surface area contributed by atoms with E-state index in [1.807, 2.05) is 0 Å². The second-order valence-corrected chi connectivity index (χ2v) is 6.38. The lowest BCUT2D eigenvalue weighted by molar-refractivity contribution is -0.197. The van der Waals surface area contributed by atoms with Gasteiger partial charge >= 0.3 is 0 Å². The van der Waals surface area contributed by atoms with E-state index >= 15 is 0 Å². The van der Waals surface area contributed by atoms with Crippen molar-refractivity contribution in [1.29, 1.82) is 0 Å². The standard InChI is InChI=1S/C15H28N2O2/c1-3-16-6-5-15(11-19-12-15)13(9-16)14-10-18-8-7-17(14)4-2/h13-14H,3-12H2,1-2H3. The molecule has 0 N–H and O–H groups in total. The first kappa shape index (κ1) is 13.8. The molecule has 0 aromatic rings. The molecule has 3 aliphatic rings. The Bertz CT molecular complexity index is 307. The molecule has 0 saturated carbocycles. The topological polar surface area (TPSA) is 24.9 Å². The number of ether oxygens (including phenoxy) is 2. The van der Waals surface area contributed by atoms with Crippen LogP contribution in [0, 0.1) is 11.3 Å². The van der Waals surface area contributed by atoms with Gasteiger partial charge in [-0.25, -0.2) is 0 Å². The monoisotopic (exact) mass is 268 g/mol. The molecule has 0 amide bonds. The van der Waals surface area contributed by atoms with Gasteiger partial charge in [-0.2, -0.15) is 0 Å². The van der Waals surface area contributed by atoms with Crippen molar-refractivity contribution < 1.29 is 9.47 Å². The van der Waals surface area contributed by atoms with E-state index in [0.717, 1.165) is 45.4 Å². The molecule has 3 fully saturated rings. The normalized spacial score (nSPS) is 36.3. The zero-order valence-electron chi connectivity index (χ0n) is 12.4. The van der Waals surface area contributed by atoms with Gasteiger partial charge in [-0.05, 0) is 32.0 Å². The van der Waals surface area contributed by atoms with E-state index < -0.39 is 0 Å². The summed E-state index contributed by atoms with van der Waals surface area (Å²) < 4.78 is 11.4. The van der Waals surface area contributed by atoms with Crippen LogP contribution in [-0.4, -0.2) is 75.0 Å². The third kappa shape index (κ3) is 2.44. The van der Waals surface area contributed by atoms with Gasteiger partial charge in [0, 0.05) is 24.5 Å². The highest BCUT2D eigenvalue weighted by Gasteiger charge is 2.52. The molecule has 0 bridgehead atoms. The Morgan fingerprint density at radius 1 is 1.11 bits per heavy atom. The summed E-state index contributed by atoms with van der Waals surface area (Å²) in [7, 11) is 0. The first-order chi connectivity index (χ1) is 9.29. The third-order valence-electron chi connectivity index (χ3n) is 5.54. The maximum Gasteiger partial charge on any atom is 0.0625 e. The van der Waals surface area contributed by atoms with Gasteiger partial charge in [-0.3, -0.25) is 4.90 Å². The molecule has 0 aromatic carbocycles. The fourth-order valence-electron chi connectivity index (χ4n) is 4.09. The first-order valence-corrected chi connectivity index (χ1v) is 7.91. The second-order valence-electron chi connectivity index (χ2n) is 6.38. The molecule has 3 aliphatic heterocycles. The molecule has 2 atom stereocenters. The number of piperidine rings is 1. The lowest BCUT2D eigenvalue weighted by Crippen LogP contribution is -2.64. The van der Waals surface area contributed by atoms with E-state index in [9.17, 15) is 0 Å². The number of hydrogen-bond donors (Lipinski definition) is 0. The third-order valence-corrected chi connectivity index (χ3v) is 5.54. The quantitative estimate of drug-likeness (QED) is 0.764. The number of rotatable bonds is 3. The first-order valence-electron chi connectivity index (χ1n) is 7.91. The van der Waals surface area contributed by atoms with E-state index in [1.165, 1.54) is 26.1 Å². The summed E-state index contributed by atoms with van der Waals surface area (Å²) in [6.07, 6.45) is 1.31. The summed E-state index contributed by atoms with van der Waals surface area (Å²) in [5.41, 5.74) is 0.449. The van der Waals surface area contributed by atoms with Gasteiger partial charge in [0.1, 0.15) is 0 Å². The minimum atomic E-state index is 0.449. The molecular weight excluding hydrogens is 240 g/mol. The van der Waals surface area contributed by atoms with Gasteiger partial charge in [0.25, 0.3) is 0 Å². The van der Waals surface area contributed by atoms with Crippen LogP contribution in [0.4, 0.5) is 0 Å². The molecule has 110 valence electrons. The van der Waals surface area contributed by atoms with Crippen molar-refractivity contribution in [3.63, 3.8) is 0 Å². The highest BCUT2D eigenvalue weighted by molar-refractivity contribution is 5.02. The molecule has 0 aromatic heterocycles. The average molecular weight is 268 g/mol. The Hall–Kier alpha value is -0.160. The Morgan fingerprint density at radius 2 is 1.95 bits per heavy atom. The fourth-order valence-corrected chi connectivity index (χ4v) is 4.09. The molecule has 4 nitrogen and oxygen atoms in total. The number of likely N-dealkylation sites (N-methyl/N-ethyl adjacent to an activating group) is 1. The van der Waals surface area contributed by atoms with Crippen molar-refractivity contribution >= 4 is 0 Å². The predicted molar refractivity (Wildman–Crippen MR) is 75.3 cm³/mol. The number of morpholine rings is 1. The van der Waals surface area contributed by atoms with Crippen LogP contribution >= 0.6 is 0 Å².